The molecule has 1 aliphatic rings. The Labute approximate surface area is 122 Å². The van der Waals surface area contributed by atoms with Crippen LogP contribution in [0, 0.1) is 11.8 Å². The van der Waals surface area contributed by atoms with E-state index in [4.69, 9.17) is 15.2 Å². The number of benzene rings is 1. The molecule has 1 saturated heterocycles. The van der Waals surface area contributed by atoms with Gasteiger partial charge in [0.15, 0.2) is 0 Å². The largest absolute Gasteiger partial charge is 0.381 e. The topological polar surface area (TPSA) is 44.5 Å². The Hall–Kier alpha value is -0.900. The van der Waals surface area contributed by atoms with Crippen molar-refractivity contribution in [2.45, 2.75) is 32.7 Å². The number of hydrogen-bond acceptors (Lipinski definition) is 3. The molecule has 3 nitrogen and oxygen atoms in total. The van der Waals surface area contributed by atoms with Crippen molar-refractivity contribution in [3.05, 3.63) is 35.4 Å². The van der Waals surface area contributed by atoms with Crippen molar-refractivity contribution in [2.24, 2.45) is 17.6 Å². The van der Waals surface area contributed by atoms with E-state index in [1.807, 2.05) is 0 Å². The van der Waals surface area contributed by atoms with Crippen molar-refractivity contribution in [3.63, 3.8) is 0 Å². The van der Waals surface area contributed by atoms with E-state index in [1.165, 1.54) is 5.56 Å². The lowest BCUT2D eigenvalue weighted by molar-refractivity contribution is 0.0808. The van der Waals surface area contributed by atoms with Gasteiger partial charge in [0.25, 0.3) is 0 Å². The number of nitrogens with two attached hydrogens (primary N) is 1. The second-order valence-electron chi connectivity index (χ2n) is 6.21. The van der Waals surface area contributed by atoms with Gasteiger partial charge in [-0.15, -0.1) is 0 Å². The molecule has 112 valence electrons. The van der Waals surface area contributed by atoms with Crippen LogP contribution >= 0.6 is 0 Å². The molecule has 0 saturated carbocycles. The first kappa shape index (κ1) is 15.5. The highest BCUT2D eigenvalue weighted by Crippen LogP contribution is 2.16. The number of ether oxygens (including phenoxy) is 2. The number of hydrogen-bond donors (Lipinski definition) is 1. The van der Waals surface area contributed by atoms with E-state index < -0.39 is 0 Å². The molecule has 1 heterocycles. The summed E-state index contributed by atoms with van der Waals surface area (Å²) in [6, 6.07) is 8.58. The molecule has 20 heavy (non-hydrogen) atoms. The summed E-state index contributed by atoms with van der Waals surface area (Å²) >= 11 is 0. The second kappa shape index (κ2) is 7.77. The standard InChI is InChI=1S/C17H27NO2/c1-13(2)9-14-3-5-16(6-4-14)17(18)12-20-11-15-7-8-19-10-15/h3-6,13,15,17H,7-12,18H2,1-2H3. The van der Waals surface area contributed by atoms with Gasteiger partial charge in [-0.2, -0.15) is 0 Å². The molecule has 0 amide bonds. The van der Waals surface area contributed by atoms with Crippen molar-refractivity contribution in [3.8, 4) is 0 Å². The molecule has 1 aromatic rings. The lowest BCUT2D eigenvalue weighted by Gasteiger charge is -2.15. The highest BCUT2D eigenvalue weighted by molar-refractivity contribution is 5.25. The van der Waals surface area contributed by atoms with Gasteiger partial charge in [0, 0.05) is 12.5 Å². The maximum Gasteiger partial charge on any atom is 0.0659 e. The second-order valence-corrected chi connectivity index (χ2v) is 6.21. The van der Waals surface area contributed by atoms with E-state index in [0.29, 0.717) is 18.4 Å². The van der Waals surface area contributed by atoms with Gasteiger partial charge >= 0.3 is 0 Å². The lowest BCUT2D eigenvalue weighted by atomic mass is 10.00. The Kier molecular flexibility index (Phi) is 6.02. The molecule has 2 unspecified atom stereocenters. The van der Waals surface area contributed by atoms with Gasteiger partial charge in [-0.1, -0.05) is 38.1 Å². The van der Waals surface area contributed by atoms with Crippen molar-refractivity contribution < 1.29 is 9.47 Å². The minimum atomic E-state index is -0.0366. The average Bonchev–Trinajstić information content (AvgIpc) is 2.92. The molecule has 0 radical (unpaired) electrons. The van der Waals surface area contributed by atoms with Gasteiger partial charge in [-0.25, -0.2) is 0 Å². The van der Waals surface area contributed by atoms with E-state index in [1.54, 1.807) is 0 Å². The van der Waals surface area contributed by atoms with E-state index >= 15 is 0 Å². The predicted molar refractivity (Wildman–Crippen MR) is 81.7 cm³/mol. The highest BCUT2D eigenvalue weighted by atomic mass is 16.5. The summed E-state index contributed by atoms with van der Waals surface area (Å²) in [5.74, 6) is 1.24. The maximum absolute atomic E-state index is 6.17. The van der Waals surface area contributed by atoms with E-state index in [0.717, 1.165) is 38.2 Å². The summed E-state index contributed by atoms with van der Waals surface area (Å²) in [4.78, 5) is 0. The SMILES string of the molecule is CC(C)Cc1ccc(C(N)COCC2CCOC2)cc1. The molecule has 0 bridgehead atoms. The zero-order chi connectivity index (χ0) is 14.4. The first-order valence-electron chi connectivity index (χ1n) is 7.65. The molecule has 1 fully saturated rings. The maximum atomic E-state index is 6.17. The van der Waals surface area contributed by atoms with Crippen LogP contribution in [0.2, 0.25) is 0 Å². The van der Waals surface area contributed by atoms with E-state index in [-0.39, 0.29) is 6.04 Å². The minimum absolute atomic E-state index is 0.0366. The molecule has 0 aliphatic carbocycles. The fraction of sp³-hybridized carbons (Fsp3) is 0.647. The summed E-state index contributed by atoms with van der Waals surface area (Å²) in [6.07, 6.45) is 2.23. The van der Waals surface area contributed by atoms with E-state index in [2.05, 4.69) is 38.1 Å². The molecule has 0 aromatic heterocycles. The number of rotatable bonds is 7. The Morgan fingerprint density at radius 2 is 2.05 bits per heavy atom. The van der Waals surface area contributed by atoms with Gasteiger partial charge in [0.2, 0.25) is 0 Å². The molecule has 2 rings (SSSR count). The molecule has 1 aromatic carbocycles. The Morgan fingerprint density at radius 1 is 1.30 bits per heavy atom. The molecular weight excluding hydrogens is 250 g/mol. The summed E-state index contributed by atoms with van der Waals surface area (Å²) in [7, 11) is 0. The lowest BCUT2D eigenvalue weighted by Crippen LogP contribution is -2.20. The molecule has 2 atom stereocenters. The quantitative estimate of drug-likeness (QED) is 0.833. The van der Waals surface area contributed by atoms with Crippen LogP contribution < -0.4 is 5.73 Å². The summed E-state index contributed by atoms with van der Waals surface area (Å²) in [5.41, 5.74) is 8.70. The van der Waals surface area contributed by atoms with Crippen LogP contribution in [0.25, 0.3) is 0 Å². The van der Waals surface area contributed by atoms with Gasteiger partial charge in [-0.3, -0.25) is 0 Å². The Bertz CT molecular complexity index is 382. The van der Waals surface area contributed by atoms with Gasteiger partial charge in [-0.05, 0) is 29.9 Å². The van der Waals surface area contributed by atoms with Gasteiger partial charge in [0.1, 0.15) is 0 Å². The summed E-state index contributed by atoms with van der Waals surface area (Å²) in [5, 5.41) is 0. The molecule has 3 heteroatoms. The fourth-order valence-electron chi connectivity index (χ4n) is 2.54. The van der Waals surface area contributed by atoms with Crippen LogP contribution in [-0.2, 0) is 15.9 Å². The first-order chi connectivity index (χ1) is 9.65. The molecular formula is C17H27NO2. The Balaban J connectivity index is 1.75. The van der Waals surface area contributed by atoms with Crippen molar-refractivity contribution >= 4 is 0 Å². The van der Waals surface area contributed by atoms with Crippen LogP contribution in [0.15, 0.2) is 24.3 Å². The van der Waals surface area contributed by atoms with Crippen molar-refractivity contribution in [1.29, 1.82) is 0 Å². The predicted octanol–water partition coefficient (Wildman–Crippen LogP) is 2.94. The molecule has 2 N–H and O–H groups in total. The first-order valence-corrected chi connectivity index (χ1v) is 7.65. The van der Waals surface area contributed by atoms with Crippen molar-refractivity contribution in [2.75, 3.05) is 26.4 Å². The third-order valence-corrected chi connectivity index (χ3v) is 3.73. The third kappa shape index (κ3) is 4.89. The fourth-order valence-corrected chi connectivity index (χ4v) is 2.54. The minimum Gasteiger partial charge on any atom is -0.381 e. The molecule has 0 spiro atoms. The van der Waals surface area contributed by atoms with Crippen LogP contribution in [0.4, 0.5) is 0 Å². The van der Waals surface area contributed by atoms with Crippen LogP contribution in [-0.4, -0.2) is 26.4 Å². The molecule has 1 aliphatic heterocycles. The highest BCUT2D eigenvalue weighted by Gasteiger charge is 2.16. The summed E-state index contributed by atoms with van der Waals surface area (Å²) in [6.45, 7) is 7.52. The monoisotopic (exact) mass is 277 g/mol. The normalized spacial score (nSPS) is 20.5. The summed E-state index contributed by atoms with van der Waals surface area (Å²) < 4.78 is 11.1. The third-order valence-electron chi connectivity index (χ3n) is 3.73. The van der Waals surface area contributed by atoms with Crippen LogP contribution in [0.3, 0.4) is 0 Å². The zero-order valence-electron chi connectivity index (χ0n) is 12.7. The zero-order valence-corrected chi connectivity index (χ0v) is 12.7. The smallest absolute Gasteiger partial charge is 0.0659 e. The van der Waals surface area contributed by atoms with Crippen molar-refractivity contribution in [1.82, 2.24) is 0 Å². The van der Waals surface area contributed by atoms with Crippen LogP contribution in [0.1, 0.15) is 37.4 Å². The van der Waals surface area contributed by atoms with E-state index in [9.17, 15) is 0 Å². The van der Waals surface area contributed by atoms with Crippen LogP contribution in [0.5, 0.6) is 0 Å². The average molecular weight is 277 g/mol. The van der Waals surface area contributed by atoms with Gasteiger partial charge in [0.05, 0.1) is 25.9 Å². The van der Waals surface area contributed by atoms with Gasteiger partial charge < -0.3 is 15.2 Å². The Morgan fingerprint density at radius 3 is 2.65 bits per heavy atom.